The van der Waals surface area contributed by atoms with E-state index in [-0.39, 0.29) is 5.91 Å². The summed E-state index contributed by atoms with van der Waals surface area (Å²) in [4.78, 5) is 11.7. The molecule has 1 rings (SSSR count). The summed E-state index contributed by atoms with van der Waals surface area (Å²) in [5.41, 5.74) is 1.86. The van der Waals surface area contributed by atoms with Crippen LogP contribution < -0.4 is 5.32 Å². The summed E-state index contributed by atoms with van der Waals surface area (Å²) in [6.45, 7) is 4.58. The third kappa shape index (κ3) is 3.88. The van der Waals surface area contributed by atoms with Crippen LogP contribution in [0.15, 0.2) is 40.4 Å². The van der Waals surface area contributed by atoms with E-state index in [9.17, 15) is 4.79 Å². The van der Waals surface area contributed by atoms with Gasteiger partial charge in [-0.3, -0.25) is 4.79 Å². The molecule has 1 aromatic carbocycles. The van der Waals surface area contributed by atoms with E-state index in [1.165, 1.54) is 5.57 Å². The maximum absolute atomic E-state index is 11.7. The summed E-state index contributed by atoms with van der Waals surface area (Å²) in [5, 5.41) is 2.83. The second-order valence-electron chi connectivity index (χ2n) is 3.47. The molecule has 0 heterocycles. The maximum Gasteiger partial charge on any atom is 0.252 e. The van der Waals surface area contributed by atoms with E-state index in [1.807, 2.05) is 38.1 Å². The van der Waals surface area contributed by atoms with Crippen molar-refractivity contribution < 1.29 is 4.79 Å². The lowest BCUT2D eigenvalue weighted by atomic mass is 10.2. The summed E-state index contributed by atoms with van der Waals surface area (Å²) >= 11 is 3.34. The predicted octanol–water partition coefficient (Wildman–Crippen LogP) is 3.15. The first kappa shape index (κ1) is 12.0. The Morgan fingerprint density at radius 3 is 2.67 bits per heavy atom. The van der Waals surface area contributed by atoms with Crippen molar-refractivity contribution in [2.45, 2.75) is 13.8 Å². The molecule has 0 atom stereocenters. The number of carbonyl (C=O) groups is 1. The molecule has 0 radical (unpaired) electrons. The molecule has 0 bridgehead atoms. The van der Waals surface area contributed by atoms with Crippen molar-refractivity contribution in [1.82, 2.24) is 5.32 Å². The van der Waals surface area contributed by atoms with Gasteiger partial charge in [0.05, 0.1) is 5.56 Å². The van der Waals surface area contributed by atoms with Crippen molar-refractivity contribution >= 4 is 21.8 Å². The fraction of sp³-hybridized carbons (Fsp3) is 0.250. The average Bonchev–Trinajstić information content (AvgIpc) is 2.17. The molecule has 1 N–H and O–H groups in total. The molecule has 1 amide bonds. The zero-order valence-corrected chi connectivity index (χ0v) is 10.5. The Labute approximate surface area is 98.5 Å². The lowest BCUT2D eigenvalue weighted by Gasteiger charge is -2.04. The smallest absolute Gasteiger partial charge is 0.252 e. The second-order valence-corrected chi connectivity index (χ2v) is 4.33. The SMILES string of the molecule is CC(C)=CCNC(=O)c1ccccc1Br. The lowest BCUT2D eigenvalue weighted by molar-refractivity contribution is 0.0957. The van der Waals surface area contributed by atoms with Crippen LogP contribution in [0.5, 0.6) is 0 Å². The second kappa shape index (κ2) is 5.71. The van der Waals surface area contributed by atoms with Crippen LogP contribution in [0.4, 0.5) is 0 Å². The molecule has 1 aromatic rings. The Bertz CT molecular complexity index is 381. The van der Waals surface area contributed by atoms with E-state index < -0.39 is 0 Å². The average molecular weight is 268 g/mol. The Morgan fingerprint density at radius 1 is 1.40 bits per heavy atom. The molecular weight excluding hydrogens is 254 g/mol. The van der Waals surface area contributed by atoms with Crippen molar-refractivity contribution in [3.63, 3.8) is 0 Å². The van der Waals surface area contributed by atoms with Gasteiger partial charge in [0.2, 0.25) is 0 Å². The van der Waals surface area contributed by atoms with Crippen molar-refractivity contribution in [3.8, 4) is 0 Å². The number of amides is 1. The predicted molar refractivity (Wildman–Crippen MR) is 65.9 cm³/mol. The Kier molecular flexibility index (Phi) is 4.56. The lowest BCUT2D eigenvalue weighted by Crippen LogP contribution is -2.23. The number of hydrogen-bond donors (Lipinski definition) is 1. The molecule has 15 heavy (non-hydrogen) atoms. The zero-order chi connectivity index (χ0) is 11.3. The molecule has 80 valence electrons. The number of rotatable bonds is 3. The van der Waals surface area contributed by atoms with Crippen LogP contribution in [-0.2, 0) is 0 Å². The molecule has 0 fully saturated rings. The first-order valence-corrected chi connectivity index (χ1v) is 5.56. The fourth-order valence-electron chi connectivity index (χ4n) is 1.09. The van der Waals surface area contributed by atoms with Crippen LogP contribution in [0.1, 0.15) is 24.2 Å². The monoisotopic (exact) mass is 267 g/mol. The molecule has 3 heteroatoms. The maximum atomic E-state index is 11.7. The van der Waals surface area contributed by atoms with E-state index in [4.69, 9.17) is 0 Å². The minimum Gasteiger partial charge on any atom is -0.349 e. The zero-order valence-electron chi connectivity index (χ0n) is 8.88. The highest BCUT2D eigenvalue weighted by molar-refractivity contribution is 9.10. The molecule has 0 aliphatic heterocycles. The molecule has 0 aliphatic carbocycles. The highest BCUT2D eigenvalue weighted by Crippen LogP contribution is 2.15. The summed E-state index contributed by atoms with van der Waals surface area (Å²) < 4.78 is 0.819. The first-order valence-electron chi connectivity index (χ1n) is 4.77. The van der Waals surface area contributed by atoms with Crippen molar-refractivity contribution in [2.24, 2.45) is 0 Å². The molecule has 0 aromatic heterocycles. The van der Waals surface area contributed by atoms with Crippen LogP contribution in [0, 0.1) is 0 Å². The number of allylic oxidation sites excluding steroid dienone is 1. The van der Waals surface area contributed by atoms with Gasteiger partial charge >= 0.3 is 0 Å². The third-order valence-electron chi connectivity index (χ3n) is 1.89. The normalized spacial score (nSPS) is 9.53. The van der Waals surface area contributed by atoms with Crippen LogP contribution in [0.25, 0.3) is 0 Å². The van der Waals surface area contributed by atoms with Crippen LogP contribution in [-0.4, -0.2) is 12.5 Å². The Balaban J connectivity index is 2.62. The van der Waals surface area contributed by atoms with E-state index in [2.05, 4.69) is 21.2 Å². The molecule has 0 unspecified atom stereocenters. The number of carbonyl (C=O) groups excluding carboxylic acids is 1. The Morgan fingerprint density at radius 2 is 2.07 bits per heavy atom. The van der Waals surface area contributed by atoms with Gasteiger partial charge < -0.3 is 5.32 Å². The number of benzene rings is 1. The van der Waals surface area contributed by atoms with E-state index in [0.717, 1.165) is 4.47 Å². The van der Waals surface area contributed by atoms with Crippen LogP contribution in [0.3, 0.4) is 0 Å². The van der Waals surface area contributed by atoms with Crippen molar-refractivity contribution in [2.75, 3.05) is 6.54 Å². The standard InChI is InChI=1S/C12H14BrNO/c1-9(2)7-8-14-12(15)10-5-3-4-6-11(10)13/h3-7H,8H2,1-2H3,(H,14,15). The summed E-state index contributed by atoms with van der Waals surface area (Å²) in [5.74, 6) is -0.0556. The third-order valence-corrected chi connectivity index (χ3v) is 2.58. The highest BCUT2D eigenvalue weighted by Gasteiger charge is 2.06. The Hall–Kier alpha value is -1.09. The van der Waals surface area contributed by atoms with E-state index in [0.29, 0.717) is 12.1 Å². The van der Waals surface area contributed by atoms with Gasteiger partial charge in [0.1, 0.15) is 0 Å². The molecule has 0 aliphatic rings. The fourth-order valence-corrected chi connectivity index (χ4v) is 1.55. The molecule has 0 spiro atoms. The van der Waals surface area contributed by atoms with Crippen molar-refractivity contribution in [3.05, 3.63) is 46.0 Å². The molecular formula is C12H14BrNO. The van der Waals surface area contributed by atoms with Gasteiger partial charge in [-0.25, -0.2) is 0 Å². The summed E-state index contributed by atoms with van der Waals surface area (Å²) in [6, 6.07) is 7.38. The highest BCUT2D eigenvalue weighted by atomic mass is 79.9. The van der Waals surface area contributed by atoms with Gasteiger partial charge in [0.15, 0.2) is 0 Å². The molecule has 0 saturated carbocycles. The van der Waals surface area contributed by atoms with Gasteiger partial charge in [-0.05, 0) is 41.9 Å². The largest absolute Gasteiger partial charge is 0.349 e. The number of halogens is 1. The van der Waals surface area contributed by atoms with Crippen molar-refractivity contribution in [1.29, 1.82) is 0 Å². The van der Waals surface area contributed by atoms with Gasteiger partial charge in [-0.15, -0.1) is 0 Å². The van der Waals surface area contributed by atoms with Gasteiger partial charge in [-0.1, -0.05) is 23.8 Å². The molecule has 2 nitrogen and oxygen atoms in total. The van der Waals surface area contributed by atoms with E-state index in [1.54, 1.807) is 6.07 Å². The van der Waals surface area contributed by atoms with Crippen LogP contribution >= 0.6 is 15.9 Å². The molecule has 0 saturated heterocycles. The van der Waals surface area contributed by atoms with Gasteiger partial charge in [0.25, 0.3) is 5.91 Å². The summed E-state index contributed by atoms with van der Waals surface area (Å²) in [6.07, 6.45) is 1.98. The van der Waals surface area contributed by atoms with Gasteiger partial charge in [0, 0.05) is 11.0 Å². The summed E-state index contributed by atoms with van der Waals surface area (Å²) in [7, 11) is 0. The van der Waals surface area contributed by atoms with Gasteiger partial charge in [-0.2, -0.15) is 0 Å². The topological polar surface area (TPSA) is 29.1 Å². The number of hydrogen-bond acceptors (Lipinski definition) is 1. The number of nitrogens with one attached hydrogen (secondary N) is 1. The minimum absolute atomic E-state index is 0.0556. The van der Waals surface area contributed by atoms with E-state index >= 15 is 0 Å². The quantitative estimate of drug-likeness (QED) is 0.838. The first-order chi connectivity index (χ1) is 7.11. The minimum atomic E-state index is -0.0556. The van der Waals surface area contributed by atoms with Crippen LogP contribution in [0.2, 0.25) is 0 Å².